The lowest BCUT2D eigenvalue weighted by Gasteiger charge is -2.33. The summed E-state index contributed by atoms with van der Waals surface area (Å²) in [6, 6.07) is 6.89. The van der Waals surface area contributed by atoms with Gasteiger partial charge in [-0.25, -0.2) is 0 Å². The summed E-state index contributed by atoms with van der Waals surface area (Å²) in [5.41, 5.74) is 5.71. The van der Waals surface area contributed by atoms with E-state index >= 15 is 0 Å². The van der Waals surface area contributed by atoms with Crippen LogP contribution in [0.25, 0.3) is 10.9 Å². The quantitative estimate of drug-likeness (QED) is 0.712. The second-order valence-corrected chi connectivity index (χ2v) is 7.24. The first kappa shape index (κ1) is 9.66. The number of hydrogen-bond donors (Lipinski definition) is 1. The van der Waals surface area contributed by atoms with E-state index in [0.717, 1.165) is 11.8 Å². The molecule has 18 heavy (non-hydrogen) atoms. The lowest BCUT2D eigenvalue weighted by atomic mass is 9.70. The van der Waals surface area contributed by atoms with Gasteiger partial charge in [0, 0.05) is 22.5 Å². The predicted octanol–water partition coefficient (Wildman–Crippen LogP) is 4.03. The van der Waals surface area contributed by atoms with E-state index in [4.69, 9.17) is 0 Å². The van der Waals surface area contributed by atoms with Crippen LogP contribution in [0.4, 0.5) is 0 Å². The number of rotatable bonds is 0. The van der Waals surface area contributed by atoms with Gasteiger partial charge in [0.1, 0.15) is 0 Å². The summed E-state index contributed by atoms with van der Waals surface area (Å²) in [7, 11) is 0. The number of aromatic nitrogens is 1. The van der Waals surface area contributed by atoms with Crippen LogP contribution in [0.5, 0.6) is 0 Å². The van der Waals surface area contributed by atoms with Crippen molar-refractivity contribution in [3.63, 3.8) is 0 Å². The van der Waals surface area contributed by atoms with Crippen molar-refractivity contribution in [3.05, 3.63) is 35.5 Å². The molecule has 3 aliphatic rings. The van der Waals surface area contributed by atoms with Gasteiger partial charge in [0.2, 0.25) is 0 Å². The summed E-state index contributed by atoms with van der Waals surface area (Å²) in [4.78, 5) is 3.47. The third-order valence-corrected chi connectivity index (χ3v) is 6.42. The molecule has 2 unspecified atom stereocenters. The van der Waals surface area contributed by atoms with Crippen LogP contribution >= 0.6 is 0 Å². The highest BCUT2D eigenvalue weighted by molar-refractivity contribution is 5.90. The molecule has 1 nitrogen and oxygen atoms in total. The molecule has 1 N–H and O–H groups in total. The van der Waals surface area contributed by atoms with Gasteiger partial charge in [0.25, 0.3) is 0 Å². The average Bonchev–Trinajstić information content (AvgIpc) is 2.68. The van der Waals surface area contributed by atoms with Crippen molar-refractivity contribution in [1.82, 2.24) is 4.98 Å². The Balaban J connectivity index is 1.89. The molecule has 2 saturated carbocycles. The summed E-state index contributed by atoms with van der Waals surface area (Å²) >= 11 is 0. The molecule has 1 aromatic carbocycles. The topological polar surface area (TPSA) is 15.8 Å². The van der Waals surface area contributed by atoms with Crippen LogP contribution in [0.3, 0.4) is 0 Å². The number of hydrogen-bond acceptors (Lipinski definition) is 0. The molecule has 92 valence electrons. The third kappa shape index (κ3) is 0.783. The largest absolute Gasteiger partial charge is 0.361 e. The van der Waals surface area contributed by atoms with Gasteiger partial charge in [0.15, 0.2) is 0 Å². The summed E-state index contributed by atoms with van der Waals surface area (Å²) in [5, 5.41) is 1.56. The van der Waals surface area contributed by atoms with Crippen molar-refractivity contribution in [2.75, 3.05) is 0 Å². The van der Waals surface area contributed by atoms with Crippen molar-refractivity contribution >= 4 is 10.9 Å². The van der Waals surface area contributed by atoms with Gasteiger partial charge in [-0.3, -0.25) is 0 Å². The molecule has 5 rings (SSSR count). The normalized spacial score (nSPS) is 43.9. The molecular formula is C17H19N. The molecule has 2 fully saturated rings. The van der Waals surface area contributed by atoms with Crippen LogP contribution < -0.4 is 0 Å². The molecule has 0 radical (unpaired) electrons. The molecule has 0 amide bonds. The monoisotopic (exact) mass is 237 g/mol. The standard InChI is InChI=1S/C17H19N/c1-10-7-16(2)9-17(16)12-4-3-5-14-15(12)11(8-18-14)6-13(10)17/h3-5,8,10,13,18H,6-7,9H2,1-2H3/t10?,13?,16-,17+/m0/s1. The number of H-pyrrole nitrogens is 1. The Morgan fingerprint density at radius 1 is 1.33 bits per heavy atom. The minimum atomic E-state index is 0.529. The third-order valence-electron chi connectivity index (χ3n) is 6.42. The molecule has 0 aliphatic heterocycles. The van der Waals surface area contributed by atoms with Gasteiger partial charge in [-0.1, -0.05) is 26.0 Å². The molecule has 3 aliphatic carbocycles. The van der Waals surface area contributed by atoms with Gasteiger partial charge in [-0.15, -0.1) is 0 Å². The van der Waals surface area contributed by atoms with Crippen LogP contribution in [0.1, 0.15) is 37.8 Å². The first-order valence-electron chi connectivity index (χ1n) is 7.25. The Kier molecular flexibility index (Phi) is 1.36. The lowest BCUT2D eigenvalue weighted by Crippen LogP contribution is -2.28. The highest BCUT2D eigenvalue weighted by Gasteiger charge is 2.74. The molecule has 1 spiro atoms. The zero-order valence-electron chi connectivity index (χ0n) is 11.1. The Morgan fingerprint density at radius 3 is 3.11 bits per heavy atom. The average molecular weight is 237 g/mol. The van der Waals surface area contributed by atoms with E-state index in [0.29, 0.717) is 10.8 Å². The van der Waals surface area contributed by atoms with E-state index in [9.17, 15) is 0 Å². The van der Waals surface area contributed by atoms with Crippen LogP contribution in [-0.2, 0) is 11.8 Å². The predicted molar refractivity (Wildman–Crippen MR) is 73.7 cm³/mol. The summed E-state index contributed by atoms with van der Waals surface area (Å²) in [5.74, 6) is 1.78. The number of aromatic amines is 1. The Bertz CT molecular complexity index is 682. The smallest absolute Gasteiger partial charge is 0.0459 e. The molecule has 1 heterocycles. The zero-order valence-corrected chi connectivity index (χ0v) is 11.1. The van der Waals surface area contributed by atoms with Gasteiger partial charge >= 0.3 is 0 Å². The van der Waals surface area contributed by atoms with Gasteiger partial charge < -0.3 is 4.98 Å². The van der Waals surface area contributed by atoms with Crippen molar-refractivity contribution in [2.45, 2.75) is 38.5 Å². The van der Waals surface area contributed by atoms with E-state index < -0.39 is 0 Å². The van der Waals surface area contributed by atoms with Crippen molar-refractivity contribution in [2.24, 2.45) is 17.3 Å². The van der Waals surface area contributed by atoms with Crippen LogP contribution in [0.15, 0.2) is 24.4 Å². The van der Waals surface area contributed by atoms with Crippen LogP contribution in [0, 0.1) is 17.3 Å². The number of benzene rings is 1. The highest BCUT2D eigenvalue weighted by atomic mass is 14.8. The summed E-state index contributed by atoms with van der Waals surface area (Å²) in [6.45, 7) is 5.00. The maximum absolute atomic E-state index is 3.47. The first-order valence-corrected chi connectivity index (χ1v) is 7.25. The Morgan fingerprint density at radius 2 is 2.22 bits per heavy atom. The zero-order chi connectivity index (χ0) is 12.1. The summed E-state index contributed by atoms with van der Waals surface area (Å²) in [6.07, 6.45) is 6.42. The molecule has 1 heteroatoms. The lowest BCUT2D eigenvalue weighted by molar-refractivity contribution is 0.325. The van der Waals surface area contributed by atoms with E-state index in [2.05, 4.69) is 43.2 Å². The van der Waals surface area contributed by atoms with Crippen molar-refractivity contribution in [1.29, 1.82) is 0 Å². The van der Waals surface area contributed by atoms with Gasteiger partial charge in [-0.05, 0) is 53.7 Å². The van der Waals surface area contributed by atoms with E-state index in [1.165, 1.54) is 24.8 Å². The second-order valence-electron chi connectivity index (χ2n) is 7.24. The van der Waals surface area contributed by atoms with Gasteiger partial charge in [0.05, 0.1) is 0 Å². The molecule has 0 saturated heterocycles. The summed E-state index contributed by atoms with van der Waals surface area (Å²) < 4.78 is 0. The number of nitrogens with one attached hydrogen (secondary N) is 1. The molecular weight excluding hydrogens is 218 g/mol. The first-order chi connectivity index (χ1) is 8.66. The Hall–Kier alpha value is -1.24. The second kappa shape index (κ2) is 2.54. The van der Waals surface area contributed by atoms with E-state index in [-0.39, 0.29) is 0 Å². The Labute approximate surface area is 108 Å². The van der Waals surface area contributed by atoms with Crippen molar-refractivity contribution in [3.8, 4) is 0 Å². The van der Waals surface area contributed by atoms with E-state index in [1.807, 2.05) is 0 Å². The fourth-order valence-electron chi connectivity index (χ4n) is 5.76. The fourth-order valence-corrected chi connectivity index (χ4v) is 5.76. The van der Waals surface area contributed by atoms with Crippen LogP contribution in [0.2, 0.25) is 0 Å². The van der Waals surface area contributed by atoms with Gasteiger partial charge in [-0.2, -0.15) is 0 Å². The van der Waals surface area contributed by atoms with E-state index in [1.54, 1.807) is 16.5 Å². The molecule has 2 aromatic rings. The molecule has 1 aromatic heterocycles. The maximum atomic E-state index is 3.47. The highest BCUT2D eigenvalue weighted by Crippen LogP contribution is 2.79. The minimum Gasteiger partial charge on any atom is -0.361 e. The van der Waals surface area contributed by atoms with Crippen molar-refractivity contribution < 1.29 is 0 Å². The molecule has 0 bridgehead atoms. The minimum absolute atomic E-state index is 0.529. The van der Waals surface area contributed by atoms with Crippen LogP contribution in [-0.4, -0.2) is 4.98 Å². The fraction of sp³-hybridized carbons (Fsp3) is 0.529. The SMILES string of the molecule is CC1C[C@@]2(C)C[C@]23c2cccc4[nH]cc(c24)CC13. The maximum Gasteiger partial charge on any atom is 0.0459 e. The molecule has 4 atom stereocenters.